The van der Waals surface area contributed by atoms with Crippen molar-refractivity contribution in [2.45, 2.75) is 26.7 Å². The van der Waals surface area contributed by atoms with Gasteiger partial charge in [-0.3, -0.25) is 14.3 Å². The second kappa shape index (κ2) is 9.12. The largest absolute Gasteiger partial charge is 0.493 e. The van der Waals surface area contributed by atoms with Crippen molar-refractivity contribution >= 4 is 11.8 Å². The van der Waals surface area contributed by atoms with Crippen LogP contribution in [0.3, 0.4) is 0 Å². The summed E-state index contributed by atoms with van der Waals surface area (Å²) < 4.78 is 7.80. The summed E-state index contributed by atoms with van der Waals surface area (Å²) in [5.41, 5.74) is 1.51. The van der Waals surface area contributed by atoms with E-state index in [-0.39, 0.29) is 11.8 Å². The maximum atomic E-state index is 12.8. The summed E-state index contributed by atoms with van der Waals surface area (Å²) in [5.74, 6) is 2.22. The van der Waals surface area contributed by atoms with Crippen molar-refractivity contribution in [1.82, 2.24) is 19.6 Å². The summed E-state index contributed by atoms with van der Waals surface area (Å²) in [6.45, 7) is 7.23. The molecule has 1 aromatic heterocycles. The molecule has 3 heterocycles. The number of benzene rings is 1. The maximum absolute atomic E-state index is 12.8. The molecule has 31 heavy (non-hydrogen) atoms. The molecule has 7 heteroatoms. The third-order valence-electron chi connectivity index (χ3n) is 6.91. The van der Waals surface area contributed by atoms with Crippen LogP contribution in [0.25, 0.3) is 0 Å². The monoisotopic (exact) mass is 424 g/mol. The smallest absolute Gasteiger partial charge is 0.274 e. The molecular weight excluding hydrogens is 392 g/mol. The highest BCUT2D eigenvalue weighted by molar-refractivity contribution is 5.92. The SMILES string of the molecule is CC(=O)N1C[C@@H](COc2ccccc2)[C@H](C2CCN(C(=O)c3cc(C)n(C)n3)CC2)C1. The first kappa shape index (κ1) is 21.4. The Balaban J connectivity index is 1.37. The summed E-state index contributed by atoms with van der Waals surface area (Å²) in [6, 6.07) is 11.7. The molecule has 2 fully saturated rings. The highest BCUT2D eigenvalue weighted by Gasteiger charge is 2.40. The lowest BCUT2D eigenvalue weighted by molar-refractivity contribution is -0.128. The van der Waals surface area contributed by atoms with Crippen LogP contribution in [0.15, 0.2) is 36.4 Å². The third-order valence-corrected chi connectivity index (χ3v) is 6.91. The molecule has 2 aliphatic heterocycles. The number of ether oxygens (including phenoxy) is 1. The quantitative estimate of drug-likeness (QED) is 0.740. The molecule has 0 radical (unpaired) electrons. The zero-order chi connectivity index (χ0) is 22.0. The number of likely N-dealkylation sites (tertiary alicyclic amines) is 2. The van der Waals surface area contributed by atoms with Crippen molar-refractivity contribution in [3.05, 3.63) is 47.8 Å². The lowest BCUT2D eigenvalue weighted by Gasteiger charge is -2.36. The molecule has 4 rings (SSSR count). The Morgan fingerprint density at radius 1 is 1.10 bits per heavy atom. The Morgan fingerprint density at radius 2 is 1.81 bits per heavy atom. The fourth-order valence-electron chi connectivity index (χ4n) is 4.94. The number of carbonyl (C=O) groups excluding carboxylic acids is 2. The molecular formula is C24H32N4O3. The van der Waals surface area contributed by atoms with Gasteiger partial charge in [0.15, 0.2) is 5.69 Å². The highest BCUT2D eigenvalue weighted by Crippen LogP contribution is 2.36. The number of hydrogen-bond acceptors (Lipinski definition) is 4. The molecule has 0 bridgehead atoms. The lowest BCUT2D eigenvalue weighted by Crippen LogP contribution is -2.42. The number of aromatic nitrogens is 2. The van der Waals surface area contributed by atoms with Crippen LogP contribution < -0.4 is 4.74 Å². The Hall–Kier alpha value is -2.83. The van der Waals surface area contributed by atoms with Gasteiger partial charge >= 0.3 is 0 Å². The summed E-state index contributed by atoms with van der Waals surface area (Å²) in [5, 5.41) is 4.34. The van der Waals surface area contributed by atoms with Crippen molar-refractivity contribution in [2.75, 3.05) is 32.8 Å². The molecule has 166 valence electrons. The number of para-hydroxylation sites is 1. The van der Waals surface area contributed by atoms with Crippen molar-refractivity contribution in [2.24, 2.45) is 24.8 Å². The van der Waals surface area contributed by atoms with Gasteiger partial charge < -0.3 is 14.5 Å². The van der Waals surface area contributed by atoms with Crippen molar-refractivity contribution < 1.29 is 14.3 Å². The number of carbonyl (C=O) groups is 2. The minimum Gasteiger partial charge on any atom is -0.493 e. The van der Waals surface area contributed by atoms with Crippen LogP contribution in [0.1, 0.15) is 35.9 Å². The van der Waals surface area contributed by atoms with Crippen LogP contribution >= 0.6 is 0 Å². The van der Waals surface area contributed by atoms with Gasteiger partial charge in [-0.05, 0) is 49.8 Å². The van der Waals surface area contributed by atoms with Gasteiger partial charge in [-0.25, -0.2) is 0 Å². The average Bonchev–Trinajstić information content (AvgIpc) is 3.36. The summed E-state index contributed by atoms with van der Waals surface area (Å²) >= 11 is 0. The van der Waals surface area contributed by atoms with Gasteiger partial charge in [0.25, 0.3) is 5.91 Å². The molecule has 2 aromatic rings. The van der Waals surface area contributed by atoms with E-state index >= 15 is 0 Å². The van der Waals surface area contributed by atoms with Gasteiger partial charge in [-0.2, -0.15) is 5.10 Å². The van der Waals surface area contributed by atoms with Gasteiger partial charge in [-0.1, -0.05) is 18.2 Å². The summed E-state index contributed by atoms with van der Waals surface area (Å²) in [6.07, 6.45) is 1.91. The van der Waals surface area contributed by atoms with E-state index in [1.54, 1.807) is 11.6 Å². The zero-order valence-electron chi connectivity index (χ0n) is 18.7. The first-order valence-electron chi connectivity index (χ1n) is 11.2. The Morgan fingerprint density at radius 3 is 2.42 bits per heavy atom. The van der Waals surface area contributed by atoms with E-state index in [4.69, 9.17) is 4.74 Å². The lowest BCUT2D eigenvalue weighted by atomic mass is 9.78. The fraction of sp³-hybridized carbons (Fsp3) is 0.542. The van der Waals surface area contributed by atoms with E-state index in [0.717, 1.165) is 50.5 Å². The van der Waals surface area contributed by atoms with E-state index in [1.165, 1.54) is 0 Å². The van der Waals surface area contributed by atoms with E-state index < -0.39 is 0 Å². The molecule has 7 nitrogen and oxygen atoms in total. The molecule has 0 saturated carbocycles. The van der Waals surface area contributed by atoms with Crippen LogP contribution in [0.5, 0.6) is 5.75 Å². The Kier molecular flexibility index (Phi) is 6.30. The molecule has 0 unspecified atom stereocenters. The van der Waals surface area contributed by atoms with Crippen LogP contribution in [0, 0.1) is 24.7 Å². The molecule has 2 aliphatic rings. The minimum absolute atomic E-state index is 0.0166. The highest BCUT2D eigenvalue weighted by atomic mass is 16.5. The van der Waals surface area contributed by atoms with Crippen molar-refractivity contribution in [3.63, 3.8) is 0 Å². The Labute approximate surface area is 184 Å². The van der Waals surface area contributed by atoms with Gasteiger partial charge in [0.05, 0.1) is 6.61 Å². The van der Waals surface area contributed by atoms with E-state index in [2.05, 4.69) is 5.10 Å². The predicted octanol–water partition coefficient (Wildman–Crippen LogP) is 2.75. The van der Waals surface area contributed by atoms with Gasteiger partial charge in [-0.15, -0.1) is 0 Å². The second-order valence-corrected chi connectivity index (χ2v) is 8.90. The van der Waals surface area contributed by atoms with Crippen LogP contribution in [0.2, 0.25) is 0 Å². The van der Waals surface area contributed by atoms with Crippen molar-refractivity contribution in [1.29, 1.82) is 0 Å². The third kappa shape index (κ3) is 4.75. The van der Waals surface area contributed by atoms with Gasteiger partial charge in [0, 0.05) is 51.8 Å². The van der Waals surface area contributed by atoms with Crippen LogP contribution in [-0.4, -0.2) is 64.2 Å². The van der Waals surface area contributed by atoms with Gasteiger partial charge in [0.1, 0.15) is 5.75 Å². The number of nitrogens with zero attached hydrogens (tertiary/aromatic N) is 4. The molecule has 2 saturated heterocycles. The molecule has 2 amide bonds. The van der Waals surface area contributed by atoms with E-state index in [1.807, 2.05) is 60.2 Å². The maximum Gasteiger partial charge on any atom is 0.274 e. The first-order chi connectivity index (χ1) is 14.9. The first-order valence-corrected chi connectivity index (χ1v) is 11.2. The number of amides is 2. The van der Waals surface area contributed by atoms with E-state index in [0.29, 0.717) is 30.1 Å². The second-order valence-electron chi connectivity index (χ2n) is 8.90. The average molecular weight is 425 g/mol. The van der Waals surface area contributed by atoms with Crippen molar-refractivity contribution in [3.8, 4) is 5.75 Å². The number of piperidine rings is 1. The minimum atomic E-state index is 0.0166. The number of aryl methyl sites for hydroxylation is 2. The molecule has 1 aromatic carbocycles. The fourth-order valence-corrected chi connectivity index (χ4v) is 4.94. The summed E-state index contributed by atoms with van der Waals surface area (Å²) in [7, 11) is 1.86. The van der Waals surface area contributed by atoms with Crippen LogP contribution in [-0.2, 0) is 11.8 Å². The van der Waals surface area contributed by atoms with Gasteiger partial charge in [0.2, 0.25) is 5.91 Å². The molecule has 0 spiro atoms. The molecule has 0 N–H and O–H groups in total. The predicted molar refractivity (Wildman–Crippen MR) is 118 cm³/mol. The van der Waals surface area contributed by atoms with Crippen LogP contribution in [0.4, 0.5) is 0 Å². The Bertz CT molecular complexity index is 899. The molecule has 0 aliphatic carbocycles. The molecule has 2 atom stereocenters. The summed E-state index contributed by atoms with van der Waals surface area (Å²) in [4.78, 5) is 28.8. The number of rotatable bonds is 5. The standard InChI is InChI=1S/C24H32N4O3/c1-17-13-23(25-26(17)3)24(30)27-11-9-19(10-12-27)22-15-28(18(2)29)14-20(22)16-31-21-7-5-4-6-8-21/h4-8,13,19-20,22H,9-12,14-16H2,1-3H3/t20-,22-/m0/s1. The topological polar surface area (TPSA) is 67.7 Å². The zero-order valence-corrected chi connectivity index (χ0v) is 18.7. The number of hydrogen-bond donors (Lipinski definition) is 0. The van der Waals surface area contributed by atoms with E-state index in [9.17, 15) is 9.59 Å². The normalized spacial score (nSPS) is 22.0.